The minimum Gasteiger partial charge on any atom is -0.396 e. The quantitative estimate of drug-likeness (QED) is 0.649. The van der Waals surface area contributed by atoms with Crippen LogP contribution in [-0.2, 0) is 4.74 Å². The van der Waals surface area contributed by atoms with Crippen LogP contribution in [0, 0.1) is 11.8 Å². The maximum atomic E-state index is 9.07. The van der Waals surface area contributed by atoms with E-state index in [1.54, 1.807) is 7.11 Å². The molecule has 0 aromatic carbocycles. The molecule has 3 nitrogen and oxygen atoms in total. The van der Waals surface area contributed by atoms with Crippen LogP contribution in [0.2, 0.25) is 0 Å². The van der Waals surface area contributed by atoms with Crippen molar-refractivity contribution in [2.24, 2.45) is 11.8 Å². The van der Waals surface area contributed by atoms with E-state index in [9.17, 15) is 0 Å². The SMILES string of the molecule is COCCC(NC(C)C(C)CO)C(C)C. The molecule has 0 heterocycles. The lowest BCUT2D eigenvalue weighted by molar-refractivity contribution is 0.156. The van der Waals surface area contributed by atoms with E-state index < -0.39 is 0 Å². The second kappa shape index (κ2) is 8.08. The Hall–Kier alpha value is -0.120. The lowest BCUT2D eigenvalue weighted by atomic mass is 9.97. The van der Waals surface area contributed by atoms with Crippen LogP contribution in [0.15, 0.2) is 0 Å². The maximum absolute atomic E-state index is 9.07. The predicted octanol–water partition coefficient (Wildman–Crippen LogP) is 1.65. The molecule has 3 atom stereocenters. The molecule has 0 aromatic rings. The van der Waals surface area contributed by atoms with Gasteiger partial charge in [0, 0.05) is 32.4 Å². The van der Waals surface area contributed by atoms with E-state index in [-0.39, 0.29) is 6.61 Å². The molecule has 0 fully saturated rings. The highest BCUT2D eigenvalue weighted by atomic mass is 16.5. The standard InChI is InChI=1S/C12H27NO2/c1-9(2)12(6-7-15-5)13-11(4)10(3)8-14/h9-14H,6-8H2,1-5H3. The van der Waals surface area contributed by atoms with Gasteiger partial charge in [-0.25, -0.2) is 0 Å². The summed E-state index contributed by atoms with van der Waals surface area (Å²) in [5, 5.41) is 12.6. The van der Waals surface area contributed by atoms with Gasteiger partial charge in [0.05, 0.1) is 0 Å². The molecular formula is C12H27NO2. The molecule has 0 rings (SSSR count). The van der Waals surface area contributed by atoms with Crippen LogP contribution in [0.3, 0.4) is 0 Å². The first-order valence-electron chi connectivity index (χ1n) is 5.88. The van der Waals surface area contributed by atoms with E-state index in [2.05, 4.69) is 33.0 Å². The molecule has 0 saturated heterocycles. The highest BCUT2D eigenvalue weighted by Gasteiger charge is 2.18. The number of hydrogen-bond acceptors (Lipinski definition) is 3. The summed E-state index contributed by atoms with van der Waals surface area (Å²) in [7, 11) is 1.73. The minimum atomic E-state index is 0.239. The van der Waals surface area contributed by atoms with E-state index in [0.717, 1.165) is 13.0 Å². The molecule has 3 unspecified atom stereocenters. The summed E-state index contributed by atoms with van der Waals surface area (Å²) in [6.07, 6.45) is 1.02. The summed E-state index contributed by atoms with van der Waals surface area (Å²) in [5.74, 6) is 0.891. The molecule has 0 aliphatic heterocycles. The van der Waals surface area contributed by atoms with Gasteiger partial charge in [-0.05, 0) is 25.2 Å². The predicted molar refractivity (Wildman–Crippen MR) is 64.0 cm³/mol. The minimum absolute atomic E-state index is 0.239. The molecule has 0 bridgehead atoms. The summed E-state index contributed by atoms with van der Waals surface area (Å²) >= 11 is 0. The van der Waals surface area contributed by atoms with E-state index in [0.29, 0.717) is 23.9 Å². The Morgan fingerprint density at radius 1 is 1.20 bits per heavy atom. The van der Waals surface area contributed by atoms with E-state index in [1.807, 2.05) is 0 Å². The van der Waals surface area contributed by atoms with Gasteiger partial charge < -0.3 is 15.2 Å². The summed E-state index contributed by atoms with van der Waals surface area (Å²) in [4.78, 5) is 0. The summed E-state index contributed by atoms with van der Waals surface area (Å²) in [6, 6.07) is 0.813. The Bertz CT molecular complexity index is 151. The zero-order valence-electron chi connectivity index (χ0n) is 10.8. The molecule has 0 aliphatic rings. The Morgan fingerprint density at radius 2 is 1.80 bits per heavy atom. The number of rotatable bonds is 8. The van der Waals surface area contributed by atoms with Crippen LogP contribution in [0.25, 0.3) is 0 Å². The zero-order valence-corrected chi connectivity index (χ0v) is 10.8. The van der Waals surface area contributed by atoms with Crippen molar-refractivity contribution in [3.05, 3.63) is 0 Å². The largest absolute Gasteiger partial charge is 0.396 e. The van der Waals surface area contributed by atoms with Crippen LogP contribution >= 0.6 is 0 Å². The normalized spacial score (nSPS) is 17.8. The molecule has 15 heavy (non-hydrogen) atoms. The number of nitrogens with one attached hydrogen (secondary N) is 1. The molecule has 92 valence electrons. The average Bonchev–Trinajstić information content (AvgIpc) is 2.22. The average molecular weight is 217 g/mol. The Kier molecular flexibility index (Phi) is 8.02. The van der Waals surface area contributed by atoms with Crippen LogP contribution in [0.5, 0.6) is 0 Å². The number of ether oxygens (including phenoxy) is 1. The number of hydrogen-bond donors (Lipinski definition) is 2. The highest BCUT2D eigenvalue weighted by molar-refractivity contribution is 4.77. The highest BCUT2D eigenvalue weighted by Crippen LogP contribution is 2.10. The van der Waals surface area contributed by atoms with Gasteiger partial charge in [0.25, 0.3) is 0 Å². The molecule has 0 spiro atoms. The van der Waals surface area contributed by atoms with Gasteiger partial charge in [0.15, 0.2) is 0 Å². The third-order valence-electron chi connectivity index (χ3n) is 3.06. The lowest BCUT2D eigenvalue weighted by Crippen LogP contribution is -2.44. The summed E-state index contributed by atoms with van der Waals surface area (Å²) < 4.78 is 5.10. The van der Waals surface area contributed by atoms with E-state index in [1.165, 1.54) is 0 Å². The fourth-order valence-electron chi connectivity index (χ4n) is 1.51. The van der Waals surface area contributed by atoms with Gasteiger partial charge in [0.2, 0.25) is 0 Å². The molecule has 0 radical (unpaired) electrons. The van der Waals surface area contributed by atoms with Crippen molar-refractivity contribution < 1.29 is 9.84 Å². The Balaban J connectivity index is 4.03. The van der Waals surface area contributed by atoms with Crippen molar-refractivity contribution in [3.63, 3.8) is 0 Å². The lowest BCUT2D eigenvalue weighted by Gasteiger charge is -2.29. The molecule has 2 N–H and O–H groups in total. The summed E-state index contributed by atoms with van der Waals surface area (Å²) in [5.41, 5.74) is 0. The second-order valence-electron chi connectivity index (χ2n) is 4.75. The van der Waals surface area contributed by atoms with Crippen LogP contribution in [-0.4, -0.2) is 37.5 Å². The van der Waals surface area contributed by atoms with Crippen molar-refractivity contribution in [3.8, 4) is 0 Å². The molecule has 3 heteroatoms. The number of aliphatic hydroxyl groups excluding tert-OH is 1. The van der Waals surface area contributed by atoms with Crippen LogP contribution in [0.1, 0.15) is 34.1 Å². The van der Waals surface area contributed by atoms with Gasteiger partial charge >= 0.3 is 0 Å². The third-order valence-corrected chi connectivity index (χ3v) is 3.06. The molecule has 0 aliphatic carbocycles. The van der Waals surface area contributed by atoms with Crippen LogP contribution in [0.4, 0.5) is 0 Å². The zero-order chi connectivity index (χ0) is 11.8. The van der Waals surface area contributed by atoms with Crippen molar-refractivity contribution in [2.45, 2.75) is 46.2 Å². The number of aliphatic hydroxyl groups is 1. The first-order chi connectivity index (χ1) is 7.02. The Morgan fingerprint density at radius 3 is 2.20 bits per heavy atom. The first kappa shape index (κ1) is 14.9. The Labute approximate surface area is 94.2 Å². The van der Waals surface area contributed by atoms with Crippen LogP contribution < -0.4 is 5.32 Å². The van der Waals surface area contributed by atoms with Gasteiger partial charge in [-0.15, -0.1) is 0 Å². The van der Waals surface area contributed by atoms with Crippen molar-refractivity contribution in [2.75, 3.05) is 20.3 Å². The van der Waals surface area contributed by atoms with E-state index in [4.69, 9.17) is 9.84 Å². The van der Waals surface area contributed by atoms with E-state index >= 15 is 0 Å². The number of methoxy groups -OCH3 is 1. The topological polar surface area (TPSA) is 41.5 Å². The van der Waals surface area contributed by atoms with Gasteiger partial charge in [0.1, 0.15) is 0 Å². The van der Waals surface area contributed by atoms with Gasteiger partial charge in [-0.2, -0.15) is 0 Å². The summed E-state index contributed by atoms with van der Waals surface area (Å²) in [6.45, 7) is 9.64. The smallest absolute Gasteiger partial charge is 0.0477 e. The maximum Gasteiger partial charge on any atom is 0.0477 e. The van der Waals surface area contributed by atoms with Gasteiger partial charge in [-0.3, -0.25) is 0 Å². The van der Waals surface area contributed by atoms with Crippen molar-refractivity contribution in [1.29, 1.82) is 0 Å². The van der Waals surface area contributed by atoms with Crippen molar-refractivity contribution >= 4 is 0 Å². The van der Waals surface area contributed by atoms with Crippen molar-refractivity contribution in [1.82, 2.24) is 5.32 Å². The fraction of sp³-hybridized carbons (Fsp3) is 1.00. The molecular weight excluding hydrogens is 190 g/mol. The third kappa shape index (κ3) is 6.13. The monoisotopic (exact) mass is 217 g/mol. The molecule has 0 aromatic heterocycles. The second-order valence-corrected chi connectivity index (χ2v) is 4.75. The van der Waals surface area contributed by atoms with Gasteiger partial charge in [-0.1, -0.05) is 20.8 Å². The first-order valence-corrected chi connectivity index (χ1v) is 5.88. The molecule has 0 saturated carbocycles. The molecule has 0 amide bonds. The fourth-order valence-corrected chi connectivity index (χ4v) is 1.51.